The predicted octanol–water partition coefficient (Wildman–Crippen LogP) is 6.73. The third kappa shape index (κ3) is 7.68. The Morgan fingerprint density at radius 1 is 0.861 bits per heavy atom. The third-order valence-corrected chi connectivity index (χ3v) is 7.54. The molecule has 0 bridgehead atoms. The highest BCUT2D eigenvalue weighted by Gasteiger charge is 2.32. The van der Waals surface area contributed by atoms with Gasteiger partial charge in [-0.25, -0.2) is 0 Å². The topological polar surface area (TPSA) is 49.4 Å². The van der Waals surface area contributed by atoms with Crippen LogP contribution in [0.15, 0.2) is 83.3 Å². The Morgan fingerprint density at radius 3 is 2.17 bits per heavy atom. The summed E-state index contributed by atoms with van der Waals surface area (Å²) in [4.78, 5) is 29.3. The van der Waals surface area contributed by atoms with Gasteiger partial charge in [-0.2, -0.15) is 0 Å². The quantitative estimate of drug-likeness (QED) is 0.312. The largest absolute Gasteiger partial charge is 0.352 e. The Morgan fingerprint density at radius 2 is 1.50 bits per heavy atom. The van der Waals surface area contributed by atoms with Crippen LogP contribution in [0.3, 0.4) is 0 Å². The van der Waals surface area contributed by atoms with Crippen LogP contribution in [-0.2, 0) is 29.0 Å². The van der Waals surface area contributed by atoms with Crippen LogP contribution in [-0.4, -0.2) is 28.8 Å². The molecule has 1 atom stereocenters. The van der Waals surface area contributed by atoms with Crippen LogP contribution in [0.5, 0.6) is 0 Å². The second kappa shape index (κ2) is 13.1. The molecule has 1 unspecified atom stereocenters. The summed E-state index contributed by atoms with van der Waals surface area (Å²) in [6.45, 7) is 0.356. The molecule has 0 heterocycles. The Balaban J connectivity index is 1.64. The lowest BCUT2D eigenvalue weighted by molar-refractivity contribution is -0.141. The lowest BCUT2D eigenvalue weighted by Crippen LogP contribution is -2.53. The average molecular weight is 568 g/mol. The van der Waals surface area contributed by atoms with Crippen LogP contribution < -0.4 is 5.32 Å². The molecule has 1 fully saturated rings. The summed E-state index contributed by atoms with van der Waals surface area (Å²) in [5, 5.41) is 3.91. The number of halogens is 2. The van der Waals surface area contributed by atoms with Crippen LogP contribution in [0, 0.1) is 0 Å². The normalized spacial score (nSPS) is 14.7. The standard InChI is InChI=1S/C30H32BrClN2O2/c31-25-15-11-24(12-16-25)21-34(29(35)20-23-13-17-26(32)18-14-23)28(19-22-7-3-1-4-8-22)30(36)33-27-9-5-2-6-10-27/h1,3-4,7-8,11-18,27-28H,2,5-6,9-10,19-21H2,(H,33,36). The van der Waals surface area contributed by atoms with Crippen molar-refractivity contribution in [1.29, 1.82) is 0 Å². The first kappa shape index (κ1) is 26.4. The van der Waals surface area contributed by atoms with Gasteiger partial charge in [0.25, 0.3) is 0 Å². The lowest BCUT2D eigenvalue weighted by Gasteiger charge is -2.33. The highest BCUT2D eigenvalue weighted by Crippen LogP contribution is 2.21. The molecule has 1 aliphatic carbocycles. The summed E-state index contributed by atoms with van der Waals surface area (Å²) in [6.07, 6.45) is 6.14. The van der Waals surface area contributed by atoms with E-state index in [4.69, 9.17) is 11.6 Å². The molecule has 1 aliphatic rings. The van der Waals surface area contributed by atoms with E-state index in [0.29, 0.717) is 18.0 Å². The van der Waals surface area contributed by atoms with Gasteiger partial charge in [-0.05, 0) is 53.8 Å². The Kier molecular flexibility index (Phi) is 9.60. The molecule has 0 radical (unpaired) electrons. The molecule has 0 aromatic heterocycles. The van der Waals surface area contributed by atoms with Crippen LogP contribution in [0.4, 0.5) is 0 Å². The maximum atomic E-state index is 13.8. The maximum absolute atomic E-state index is 13.8. The number of carbonyl (C=O) groups is 2. The first-order valence-electron chi connectivity index (χ1n) is 12.6. The zero-order valence-electron chi connectivity index (χ0n) is 20.3. The molecule has 1 N–H and O–H groups in total. The van der Waals surface area contributed by atoms with Crippen LogP contribution >= 0.6 is 27.5 Å². The van der Waals surface area contributed by atoms with Gasteiger partial charge in [-0.1, -0.05) is 101 Å². The van der Waals surface area contributed by atoms with E-state index in [0.717, 1.165) is 46.8 Å². The first-order valence-corrected chi connectivity index (χ1v) is 13.8. The first-order chi connectivity index (χ1) is 17.5. The van der Waals surface area contributed by atoms with Crippen LogP contribution in [0.25, 0.3) is 0 Å². The minimum atomic E-state index is -0.613. The minimum Gasteiger partial charge on any atom is -0.352 e. The lowest BCUT2D eigenvalue weighted by atomic mass is 9.94. The number of nitrogens with one attached hydrogen (secondary N) is 1. The molecule has 0 spiro atoms. The molecule has 3 aromatic carbocycles. The fourth-order valence-electron chi connectivity index (χ4n) is 4.76. The van der Waals surface area contributed by atoms with Crippen molar-refractivity contribution in [3.8, 4) is 0 Å². The van der Waals surface area contributed by atoms with Crippen LogP contribution in [0.1, 0.15) is 48.8 Å². The smallest absolute Gasteiger partial charge is 0.243 e. The SMILES string of the molecule is O=C(NC1CCCCC1)C(Cc1ccccc1)N(Cc1ccc(Br)cc1)C(=O)Cc1ccc(Cl)cc1. The number of benzene rings is 3. The van der Waals surface area contributed by atoms with Gasteiger partial charge >= 0.3 is 0 Å². The van der Waals surface area contributed by atoms with Crippen molar-refractivity contribution in [3.63, 3.8) is 0 Å². The van der Waals surface area contributed by atoms with E-state index >= 15 is 0 Å². The van der Waals surface area contributed by atoms with Gasteiger partial charge in [0.1, 0.15) is 6.04 Å². The van der Waals surface area contributed by atoms with E-state index in [1.165, 1.54) is 6.42 Å². The van der Waals surface area contributed by atoms with Gasteiger partial charge in [-0.3, -0.25) is 9.59 Å². The van der Waals surface area contributed by atoms with Gasteiger partial charge in [0.2, 0.25) is 11.8 Å². The van der Waals surface area contributed by atoms with Gasteiger partial charge < -0.3 is 10.2 Å². The van der Waals surface area contributed by atoms with E-state index < -0.39 is 6.04 Å². The van der Waals surface area contributed by atoms with E-state index in [1.807, 2.05) is 66.7 Å². The molecule has 1 saturated carbocycles. The van der Waals surface area contributed by atoms with Crippen molar-refractivity contribution < 1.29 is 9.59 Å². The number of hydrogen-bond donors (Lipinski definition) is 1. The Hall–Kier alpha value is -2.63. The molecule has 4 nitrogen and oxygen atoms in total. The van der Waals surface area contributed by atoms with Gasteiger partial charge in [0.15, 0.2) is 0 Å². The second-order valence-electron chi connectivity index (χ2n) is 9.50. The molecule has 6 heteroatoms. The number of carbonyl (C=O) groups excluding carboxylic acids is 2. The summed E-state index contributed by atoms with van der Waals surface area (Å²) in [7, 11) is 0. The second-order valence-corrected chi connectivity index (χ2v) is 10.9. The van der Waals surface area contributed by atoms with Crippen molar-refractivity contribution >= 4 is 39.3 Å². The molecule has 188 valence electrons. The molecular formula is C30H32BrClN2O2. The summed E-state index contributed by atoms with van der Waals surface area (Å²) < 4.78 is 0.973. The minimum absolute atomic E-state index is 0.0766. The molecule has 0 saturated heterocycles. The highest BCUT2D eigenvalue weighted by molar-refractivity contribution is 9.10. The monoisotopic (exact) mass is 566 g/mol. The van der Waals surface area contributed by atoms with Gasteiger partial charge in [0, 0.05) is 28.5 Å². The molecule has 3 aromatic rings. The molecule has 36 heavy (non-hydrogen) atoms. The van der Waals surface area contributed by atoms with Crippen LogP contribution in [0.2, 0.25) is 5.02 Å². The number of hydrogen-bond acceptors (Lipinski definition) is 2. The summed E-state index contributed by atoms with van der Waals surface area (Å²) >= 11 is 9.54. The molecule has 0 aliphatic heterocycles. The van der Waals surface area contributed by atoms with Crippen molar-refractivity contribution in [2.24, 2.45) is 0 Å². The fraction of sp³-hybridized carbons (Fsp3) is 0.333. The summed E-state index contributed by atoms with van der Waals surface area (Å²) in [5.74, 6) is -0.160. The van der Waals surface area contributed by atoms with Gasteiger partial charge in [-0.15, -0.1) is 0 Å². The number of nitrogens with zero attached hydrogens (tertiary/aromatic N) is 1. The summed E-state index contributed by atoms with van der Waals surface area (Å²) in [6, 6.07) is 24.7. The zero-order valence-corrected chi connectivity index (χ0v) is 22.7. The zero-order chi connectivity index (χ0) is 25.3. The van der Waals surface area contributed by atoms with Crippen molar-refractivity contribution in [2.75, 3.05) is 0 Å². The highest BCUT2D eigenvalue weighted by atomic mass is 79.9. The Bertz CT molecular complexity index is 1130. The van der Waals surface area contributed by atoms with E-state index in [2.05, 4.69) is 21.2 Å². The predicted molar refractivity (Wildman–Crippen MR) is 149 cm³/mol. The molecule has 4 rings (SSSR count). The maximum Gasteiger partial charge on any atom is 0.243 e. The van der Waals surface area contributed by atoms with Crippen molar-refractivity contribution in [1.82, 2.24) is 10.2 Å². The van der Waals surface area contributed by atoms with Crippen molar-refractivity contribution in [3.05, 3.63) is 105 Å². The molecule has 2 amide bonds. The fourth-order valence-corrected chi connectivity index (χ4v) is 5.15. The van der Waals surface area contributed by atoms with E-state index in [1.54, 1.807) is 17.0 Å². The third-order valence-electron chi connectivity index (χ3n) is 6.76. The Labute approximate surface area is 227 Å². The average Bonchev–Trinajstić information content (AvgIpc) is 2.89. The van der Waals surface area contributed by atoms with Gasteiger partial charge in [0.05, 0.1) is 6.42 Å². The number of rotatable bonds is 9. The van der Waals surface area contributed by atoms with E-state index in [9.17, 15) is 9.59 Å². The number of amides is 2. The molecular weight excluding hydrogens is 536 g/mol. The summed E-state index contributed by atoms with van der Waals surface area (Å²) in [5.41, 5.74) is 2.88. The van der Waals surface area contributed by atoms with Crippen molar-refractivity contribution in [2.45, 2.75) is 63.6 Å². The van der Waals surface area contributed by atoms with E-state index in [-0.39, 0.29) is 24.3 Å².